The molecule has 46 heavy (non-hydrogen) atoms. The Morgan fingerprint density at radius 3 is 2.43 bits per heavy atom. The maximum atomic E-state index is 15.2. The molecule has 1 aromatic rings. The molecule has 1 aromatic heterocycles. The molecule has 3 fully saturated rings. The highest BCUT2D eigenvalue weighted by atomic mass is 16.6. The van der Waals surface area contributed by atoms with Gasteiger partial charge >= 0.3 is 23.9 Å². The van der Waals surface area contributed by atoms with Crippen LogP contribution in [0.5, 0.6) is 0 Å². The molecular formula is C35H43NO10. The van der Waals surface area contributed by atoms with Crippen LogP contribution in [0.25, 0.3) is 0 Å². The standard InChI is InChI=1S/C35H43NO10/c1-8-11-26(39)44-28-20(5)16-35(46-21(6)37)27(28)30(45-25(38)9-2)34-18-42-33(7,32(35)41)29(34)23(19(3)4)13-14-24(34)43-31(40)22-12-10-15-36-17-22/h10,12-15,17,20,23-24,27-30H,3,8-9,11,16,18H2,1-2,4-7H3/t20-,23?,24+,27?,28-,29?,30+,33?,34?,35+/m0/s1. The Labute approximate surface area is 269 Å². The van der Waals surface area contributed by atoms with Crippen molar-refractivity contribution in [3.8, 4) is 0 Å². The molecule has 1 aliphatic heterocycles. The van der Waals surface area contributed by atoms with Crippen LogP contribution in [0.2, 0.25) is 0 Å². The van der Waals surface area contributed by atoms with E-state index in [-0.39, 0.29) is 31.4 Å². The summed E-state index contributed by atoms with van der Waals surface area (Å²) in [4.78, 5) is 72.1. The minimum absolute atomic E-state index is 0.00732. The first-order valence-electron chi connectivity index (χ1n) is 16.0. The molecule has 1 saturated heterocycles. The SMILES string of the molecule is C=C(C)C1C=C[C@@H](OC(=O)c2cccnc2)C23COC(C)(C(=O)[C@@]4(OC(C)=O)C[C@H](C)[C@H](OC(=O)CCC)C4[C@H]2OC(=O)CC)C13. The minimum Gasteiger partial charge on any atom is -0.461 e. The molecule has 2 saturated carbocycles. The predicted octanol–water partition coefficient (Wildman–Crippen LogP) is 4.33. The van der Waals surface area contributed by atoms with Gasteiger partial charge in [0.25, 0.3) is 0 Å². The molecule has 248 valence electrons. The summed E-state index contributed by atoms with van der Waals surface area (Å²) in [6.07, 6.45) is 3.85. The predicted molar refractivity (Wildman–Crippen MR) is 163 cm³/mol. The van der Waals surface area contributed by atoms with Gasteiger partial charge < -0.3 is 23.7 Å². The first kappa shape index (κ1) is 33.5. The highest BCUT2D eigenvalue weighted by Gasteiger charge is 2.81. The van der Waals surface area contributed by atoms with Crippen molar-refractivity contribution in [1.82, 2.24) is 4.98 Å². The molecule has 0 spiro atoms. The fraction of sp³-hybridized carbons (Fsp3) is 0.600. The summed E-state index contributed by atoms with van der Waals surface area (Å²) >= 11 is 0. The number of rotatable bonds is 9. The van der Waals surface area contributed by atoms with Gasteiger partial charge in [0.15, 0.2) is 5.60 Å². The van der Waals surface area contributed by atoms with E-state index in [1.54, 1.807) is 32.1 Å². The summed E-state index contributed by atoms with van der Waals surface area (Å²) in [5.41, 5.74) is -3.94. The van der Waals surface area contributed by atoms with Gasteiger partial charge in [-0.15, -0.1) is 0 Å². The highest BCUT2D eigenvalue weighted by molar-refractivity contribution is 5.98. The number of allylic oxidation sites excluding steroid dienone is 2. The maximum absolute atomic E-state index is 15.2. The molecule has 11 heteroatoms. The van der Waals surface area contributed by atoms with E-state index in [1.807, 2.05) is 26.8 Å². The fourth-order valence-corrected chi connectivity index (χ4v) is 8.50. The zero-order chi connectivity index (χ0) is 33.6. The Balaban J connectivity index is 1.79. The minimum atomic E-state index is -1.88. The molecular weight excluding hydrogens is 594 g/mol. The van der Waals surface area contributed by atoms with Crippen molar-refractivity contribution >= 4 is 29.7 Å². The number of hydrogen-bond donors (Lipinski definition) is 0. The van der Waals surface area contributed by atoms with Gasteiger partial charge in [0, 0.05) is 50.4 Å². The first-order valence-corrected chi connectivity index (χ1v) is 16.0. The van der Waals surface area contributed by atoms with Gasteiger partial charge in [0.05, 0.1) is 23.5 Å². The van der Waals surface area contributed by atoms with Crippen molar-refractivity contribution in [3.05, 3.63) is 54.4 Å². The Hall–Kier alpha value is -3.86. The maximum Gasteiger partial charge on any atom is 0.340 e. The van der Waals surface area contributed by atoms with Crippen molar-refractivity contribution in [2.45, 2.75) is 96.7 Å². The number of ketones is 1. The lowest BCUT2D eigenvalue weighted by Crippen LogP contribution is -2.62. The molecule has 5 rings (SSSR count). The fourth-order valence-electron chi connectivity index (χ4n) is 8.50. The summed E-state index contributed by atoms with van der Waals surface area (Å²) in [7, 11) is 0. The topological polar surface area (TPSA) is 144 Å². The third-order valence-electron chi connectivity index (χ3n) is 10.2. The Kier molecular flexibility index (Phi) is 9.02. The second-order valence-corrected chi connectivity index (χ2v) is 13.3. The Morgan fingerprint density at radius 2 is 1.83 bits per heavy atom. The second-order valence-electron chi connectivity index (χ2n) is 13.3. The van der Waals surface area contributed by atoms with E-state index in [0.717, 1.165) is 0 Å². The van der Waals surface area contributed by atoms with Crippen LogP contribution < -0.4 is 0 Å². The number of fused-ring (bicyclic) bond motifs is 1. The molecule has 2 heterocycles. The van der Waals surface area contributed by atoms with Gasteiger partial charge in [-0.25, -0.2) is 4.79 Å². The highest BCUT2D eigenvalue weighted by Crippen LogP contribution is 2.67. The smallest absolute Gasteiger partial charge is 0.340 e. The van der Waals surface area contributed by atoms with Gasteiger partial charge in [-0.05, 0) is 44.4 Å². The molecule has 10 atom stereocenters. The normalized spacial score (nSPS) is 37.3. The number of esters is 4. The molecule has 4 aliphatic rings. The summed E-state index contributed by atoms with van der Waals surface area (Å²) in [6, 6.07) is 3.18. The van der Waals surface area contributed by atoms with E-state index in [9.17, 15) is 19.2 Å². The molecule has 0 aromatic carbocycles. The third-order valence-corrected chi connectivity index (χ3v) is 10.2. The van der Waals surface area contributed by atoms with E-state index in [2.05, 4.69) is 11.6 Å². The van der Waals surface area contributed by atoms with Crippen LogP contribution in [0, 0.1) is 29.1 Å². The molecule has 0 N–H and O–H groups in total. The third kappa shape index (κ3) is 5.16. The van der Waals surface area contributed by atoms with Crippen LogP contribution in [-0.2, 0) is 42.9 Å². The lowest BCUT2D eigenvalue weighted by Gasteiger charge is -2.51. The monoisotopic (exact) mass is 637 g/mol. The molecule has 0 amide bonds. The summed E-state index contributed by atoms with van der Waals surface area (Å²) < 4.78 is 31.3. The van der Waals surface area contributed by atoms with E-state index in [1.165, 1.54) is 19.3 Å². The van der Waals surface area contributed by atoms with Crippen LogP contribution in [0.3, 0.4) is 0 Å². The van der Waals surface area contributed by atoms with Gasteiger partial charge in [-0.3, -0.25) is 24.2 Å². The van der Waals surface area contributed by atoms with Crippen molar-refractivity contribution < 1.29 is 47.7 Å². The number of carbonyl (C=O) groups is 5. The molecule has 0 radical (unpaired) electrons. The summed E-state index contributed by atoms with van der Waals surface area (Å²) in [5.74, 6) is -5.82. The van der Waals surface area contributed by atoms with Crippen LogP contribution in [0.15, 0.2) is 48.8 Å². The van der Waals surface area contributed by atoms with Crippen molar-refractivity contribution in [3.63, 3.8) is 0 Å². The lowest BCUT2D eigenvalue weighted by molar-refractivity contribution is -0.210. The quantitative estimate of drug-likeness (QED) is 0.217. The van der Waals surface area contributed by atoms with Crippen LogP contribution in [0.1, 0.15) is 77.6 Å². The number of pyridine rings is 1. The van der Waals surface area contributed by atoms with E-state index in [4.69, 9.17) is 23.7 Å². The molecule has 11 nitrogen and oxygen atoms in total. The number of hydrogen-bond acceptors (Lipinski definition) is 11. The molecule has 3 aliphatic carbocycles. The zero-order valence-corrected chi connectivity index (χ0v) is 27.3. The van der Waals surface area contributed by atoms with Crippen LogP contribution in [-0.4, -0.2) is 70.8 Å². The largest absolute Gasteiger partial charge is 0.461 e. The second kappa shape index (κ2) is 12.4. The number of aromatic nitrogens is 1. The van der Waals surface area contributed by atoms with Crippen LogP contribution >= 0.6 is 0 Å². The van der Waals surface area contributed by atoms with E-state index in [0.29, 0.717) is 12.0 Å². The Bertz CT molecular complexity index is 1460. The van der Waals surface area contributed by atoms with E-state index >= 15 is 4.79 Å². The summed E-state index contributed by atoms with van der Waals surface area (Å²) in [5, 5.41) is 0. The lowest BCUT2D eigenvalue weighted by atomic mass is 9.55. The van der Waals surface area contributed by atoms with E-state index < -0.39 is 88.3 Å². The van der Waals surface area contributed by atoms with Gasteiger partial charge in [-0.2, -0.15) is 0 Å². The van der Waals surface area contributed by atoms with Crippen LogP contribution in [0.4, 0.5) is 0 Å². The Morgan fingerprint density at radius 1 is 1.09 bits per heavy atom. The first-order chi connectivity index (χ1) is 21.8. The average molecular weight is 638 g/mol. The zero-order valence-electron chi connectivity index (χ0n) is 27.3. The van der Waals surface area contributed by atoms with Crippen molar-refractivity contribution in [2.24, 2.45) is 29.1 Å². The van der Waals surface area contributed by atoms with Gasteiger partial charge in [0.1, 0.15) is 23.9 Å². The van der Waals surface area contributed by atoms with Crippen molar-refractivity contribution in [1.29, 1.82) is 0 Å². The average Bonchev–Trinajstić information content (AvgIpc) is 3.46. The van der Waals surface area contributed by atoms with Crippen molar-refractivity contribution in [2.75, 3.05) is 6.61 Å². The number of nitrogens with zero attached hydrogens (tertiary/aromatic N) is 1. The van der Waals surface area contributed by atoms with Gasteiger partial charge in [-0.1, -0.05) is 39.0 Å². The number of carbonyl (C=O) groups excluding carboxylic acids is 5. The molecule has 5 unspecified atom stereocenters. The number of Topliss-reactive ketones (excluding diaryl/α,β-unsaturated/α-hetero) is 1. The molecule has 2 bridgehead atoms. The number of ether oxygens (including phenoxy) is 5. The summed E-state index contributed by atoms with van der Waals surface area (Å²) in [6.45, 7) is 14.1. The van der Waals surface area contributed by atoms with Gasteiger partial charge in [0.2, 0.25) is 5.78 Å².